The van der Waals surface area contributed by atoms with Crippen LogP contribution in [0.1, 0.15) is 30.9 Å². The van der Waals surface area contributed by atoms with Crippen LogP contribution in [-0.2, 0) is 9.47 Å². The lowest BCUT2D eigenvalue weighted by atomic mass is 9.87. The Hall–Kier alpha value is -3.00. The van der Waals surface area contributed by atoms with E-state index in [0.717, 1.165) is 5.56 Å². The highest BCUT2D eigenvalue weighted by Crippen LogP contribution is 2.44. The number of rotatable bonds is 4. The molecular formula is C19H22ClN5O3. The van der Waals surface area contributed by atoms with Gasteiger partial charge in [0.25, 0.3) is 0 Å². The van der Waals surface area contributed by atoms with Crippen LogP contribution in [0.5, 0.6) is 0 Å². The summed E-state index contributed by atoms with van der Waals surface area (Å²) in [6, 6.07) is 7.27. The fourth-order valence-electron chi connectivity index (χ4n) is 3.02. The fourth-order valence-corrected chi connectivity index (χ4v) is 3.22. The van der Waals surface area contributed by atoms with Crippen LogP contribution in [0.4, 0.5) is 22.4 Å². The van der Waals surface area contributed by atoms with Crippen LogP contribution in [0.2, 0.25) is 5.02 Å². The molecule has 1 unspecified atom stereocenters. The molecule has 2 heterocycles. The number of hydrogen-bond acceptors (Lipinski definition) is 8. The number of ether oxygens (including phenoxy) is 2. The minimum atomic E-state index is -0.793. The van der Waals surface area contributed by atoms with Crippen LogP contribution < -0.4 is 16.0 Å². The summed E-state index contributed by atoms with van der Waals surface area (Å²) in [5.74, 6) is 1.14. The fraction of sp³-hybridized carbons (Fsp3) is 0.316. The van der Waals surface area contributed by atoms with Gasteiger partial charge in [0.1, 0.15) is 17.4 Å². The Morgan fingerprint density at radius 2 is 2.11 bits per heavy atom. The summed E-state index contributed by atoms with van der Waals surface area (Å²) in [4.78, 5) is 22.7. The van der Waals surface area contributed by atoms with Crippen LogP contribution in [0.15, 0.2) is 35.7 Å². The number of hydrogen-bond donors (Lipinski definition) is 2. The standard InChI is InChI=1S/C19H22ClN5O3/c1-5-27-19(26)28-15-10(2)22-17-14(16(21)23-18(24-17)25(3)4)13(15)11-7-6-8-12(20)9-11/h6-9,13H,5H2,1-4H3,(H3,21,22,23,24). The number of carbonyl (C=O) groups excluding carboxylic acids is 1. The molecule has 9 heteroatoms. The van der Waals surface area contributed by atoms with E-state index in [4.69, 9.17) is 26.8 Å². The summed E-state index contributed by atoms with van der Waals surface area (Å²) in [7, 11) is 3.66. The molecule has 0 amide bonds. The molecular weight excluding hydrogens is 382 g/mol. The summed E-state index contributed by atoms with van der Waals surface area (Å²) >= 11 is 6.20. The van der Waals surface area contributed by atoms with Crippen molar-refractivity contribution in [3.63, 3.8) is 0 Å². The number of nitrogens with one attached hydrogen (secondary N) is 1. The van der Waals surface area contributed by atoms with Gasteiger partial charge in [0.2, 0.25) is 5.95 Å². The lowest BCUT2D eigenvalue weighted by molar-refractivity contribution is 0.0778. The molecule has 2 aromatic rings. The first-order chi connectivity index (χ1) is 13.3. The van der Waals surface area contributed by atoms with E-state index in [0.29, 0.717) is 33.8 Å². The van der Waals surface area contributed by atoms with Gasteiger partial charge in [0, 0.05) is 19.1 Å². The number of anilines is 3. The van der Waals surface area contributed by atoms with Gasteiger partial charge in [0.15, 0.2) is 0 Å². The van der Waals surface area contributed by atoms with Gasteiger partial charge >= 0.3 is 6.16 Å². The zero-order chi connectivity index (χ0) is 20.4. The van der Waals surface area contributed by atoms with Gasteiger partial charge in [-0.05, 0) is 31.5 Å². The van der Waals surface area contributed by atoms with Gasteiger partial charge in [0.05, 0.1) is 23.8 Å². The molecule has 0 radical (unpaired) electrons. The Kier molecular flexibility index (Phi) is 5.60. The van der Waals surface area contributed by atoms with Crippen LogP contribution >= 0.6 is 11.6 Å². The zero-order valence-electron chi connectivity index (χ0n) is 16.1. The molecule has 0 spiro atoms. The van der Waals surface area contributed by atoms with Crippen LogP contribution in [0.3, 0.4) is 0 Å². The van der Waals surface area contributed by atoms with Crippen molar-refractivity contribution in [2.24, 2.45) is 0 Å². The minimum absolute atomic E-state index is 0.203. The molecule has 1 atom stereocenters. The van der Waals surface area contributed by atoms with E-state index in [2.05, 4.69) is 15.3 Å². The number of nitrogens with zero attached hydrogens (tertiary/aromatic N) is 3. The Balaban J connectivity index is 2.18. The number of benzene rings is 1. The molecule has 0 saturated carbocycles. The molecule has 3 rings (SSSR count). The first kappa shape index (κ1) is 19.8. The van der Waals surface area contributed by atoms with Gasteiger partial charge in [-0.2, -0.15) is 9.97 Å². The molecule has 0 fully saturated rings. The van der Waals surface area contributed by atoms with Crippen molar-refractivity contribution >= 4 is 35.3 Å². The van der Waals surface area contributed by atoms with Gasteiger partial charge in [-0.15, -0.1) is 0 Å². The van der Waals surface area contributed by atoms with Gasteiger partial charge < -0.3 is 25.4 Å². The van der Waals surface area contributed by atoms with Crippen molar-refractivity contribution in [2.45, 2.75) is 19.8 Å². The lowest BCUT2D eigenvalue weighted by Crippen LogP contribution is -2.25. The van der Waals surface area contributed by atoms with Crippen LogP contribution in [0, 0.1) is 0 Å². The Morgan fingerprint density at radius 1 is 1.36 bits per heavy atom. The van der Waals surface area contributed by atoms with Crippen molar-refractivity contribution in [1.29, 1.82) is 0 Å². The largest absolute Gasteiger partial charge is 0.513 e. The number of carbonyl (C=O) groups is 1. The summed E-state index contributed by atoms with van der Waals surface area (Å²) in [6.45, 7) is 3.71. The third-order valence-corrected chi connectivity index (χ3v) is 4.46. The minimum Gasteiger partial charge on any atom is -0.434 e. The molecule has 0 bridgehead atoms. The highest BCUT2D eigenvalue weighted by molar-refractivity contribution is 6.30. The van der Waals surface area contributed by atoms with E-state index in [1.807, 2.05) is 26.2 Å². The third-order valence-electron chi connectivity index (χ3n) is 4.23. The number of allylic oxidation sites excluding steroid dienone is 2. The monoisotopic (exact) mass is 403 g/mol. The molecule has 28 heavy (non-hydrogen) atoms. The van der Waals surface area contributed by atoms with Crippen LogP contribution in [0.25, 0.3) is 0 Å². The molecule has 0 saturated heterocycles. The highest BCUT2D eigenvalue weighted by atomic mass is 35.5. The number of halogens is 1. The predicted octanol–water partition coefficient (Wildman–Crippen LogP) is 3.74. The quantitative estimate of drug-likeness (QED) is 0.744. The van der Waals surface area contributed by atoms with Crippen molar-refractivity contribution in [1.82, 2.24) is 9.97 Å². The molecule has 0 aliphatic carbocycles. The van der Waals surface area contributed by atoms with Crippen molar-refractivity contribution < 1.29 is 14.3 Å². The Bertz CT molecular complexity index is 945. The topological polar surface area (TPSA) is 103 Å². The van der Waals surface area contributed by atoms with Crippen LogP contribution in [-0.4, -0.2) is 36.8 Å². The highest BCUT2D eigenvalue weighted by Gasteiger charge is 2.35. The number of fused-ring (bicyclic) bond motifs is 1. The Labute approximate surface area is 168 Å². The molecule has 148 valence electrons. The van der Waals surface area contributed by atoms with E-state index >= 15 is 0 Å². The van der Waals surface area contributed by atoms with E-state index in [1.54, 1.807) is 30.9 Å². The molecule has 1 aromatic heterocycles. The average Bonchev–Trinajstić information content (AvgIpc) is 2.62. The number of aromatic nitrogens is 2. The van der Waals surface area contributed by atoms with Gasteiger partial charge in [-0.3, -0.25) is 0 Å². The van der Waals surface area contributed by atoms with E-state index in [1.165, 1.54) is 0 Å². The van der Waals surface area contributed by atoms with E-state index < -0.39 is 12.1 Å². The average molecular weight is 404 g/mol. The number of nitrogens with two attached hydrogens (primary N) is 1. The normalized spacial score (nSPS) is 15.5. The summed E-state index contributed by atoms with van der Waals surface area (Å²) in [5, 5.41) is 3.71. The number of nitrogen functional groups attached to an aromatic ring is 1. The maximum atomic E-state index is 12.0. The molecule has 1 aliphatic heterocycles. The first-order valence-corrected chi connectivity index (χ1v) is 9.12. The second kappa shape index (κ2) is 7.93. The summed E-state index contributed by atoms with van der Waals surface area (Å²) in [5.41, 5.74) is 8.32. The van der Waals surface area contributed by atoms with Gasteiger partial charge in [-0.1, -0.05) is 23.7 Å². The SMILES string of the molecule is CCOC(=O)OC1=C(C)Nc2nc(N(C)C)nc(N)c2C1c1cccc(Cl)c1. The second-order valence-electron chi connectivity index (χ2n) is 6.45. The van der Waals surface area contributed by atoms with Crippen molar-refractivity contribution in [3.8, 4) is 0 Å². The molecule has 3 N–H and O–H groups in total. The van der Waals surface area contributed by atoms with E-state index in [9.17, 15) is 4.79 Å². The van der Waals surface area contributed by atoms with Crippen molar-refractivity contribution in [2.75, 3.05) is 36.7 Å². The summed E-state index contributed by atoms with van der Waals surface area (Å²) < 4.78 is 10.5. The molecule has 1 aliphatic rings. The lowest BCUT2D eigenvalue weighted by Gasteiger charge is -2.30. The summed E-state index contributed by atoms with van der Waals surface area (Å²) in [6.07, 6.45) is -0.793. The maximum absolute atomic E-state index is 12.0. The second-order valence-corrected chi connectivity index (χ2v) is 6.89. The smallest absolute Gasteiger partial charge is 0.434 e. The maximum Gasteiger partial charge on any atom is 0.513 e. The van der Waals surface area contributed by atoms with E-state index in [-0.39, 0.29) is 12.4 Å². The molecule has 1 aromatic carbocycles. The predicted molar refractivity (Wildman–Crippen MR) is 108 cm³/mol. The zero-order valence-corrected chi connectivity index (χ0v) is 16.9. The first-order valence-electron chi connectivity index (χ1n) is 8.74. The molecule has 8 nitrogen and oxygen atoms in total. The third kappa shape index (κ3) is 3.82. The van der Waals surface area contributed by atoms with Crippen molar-refractivity contribution in [3.05, 3.63) is 51.9 Å². The Morgan fingerprint density at radius 3 is 2.75 bits per heavy atom. The van der Waals surface area contributed by atoms with Gasteiger partial charge in [-0.25, -0.2) is 4.79 Å².